The summed E-state index contributed by atoms with van der Waals surface area (Å²) < 4.78 is 5.20. The number of carboxylic acid groups (broad SMARTS) is 1. The minimum Gasteiger partial charge on any atom is -0.478 e. The molecule has 0 aliphatic carbocycles. The molecule has 0 radical (unpaired) electrons. The number of hydrogen-bond acceptors (Lipinski definition) is 3. The average molecular weight is 291 g/mol. The molecular formula is C17H25NO3. The standard InChI is InChI=1S/C17H25NO3/c1-21-10-8-14-5-2-3-9-18(12-14)13-15-6-4-7-16(11-15)17(19)20/h4,6-7,11,14H,2-3,5,8-10,12-13H2,1H3,(H,19,20). The Morgan fingerprint density at radius 1 is 1.43 bits per heavy atom. The third kappa shape index (κ3) is 5.14. The van der Waals surface area contributed by atoms with Gasteiger partial charge in [-0.15, -0.1) is 0 Å². The molecule has 0 spiro atoms. The summed E-state index contributed by atoms with van der Waals surface area (Å²) in [5.41, 5.74) is 1.46. The van der Waals surface area contributed by atoms with Crippen molar-refractivity contribution >= 4 is 5.97 Å². The Bertz CT molecular complexity index is 461. The largest absolute Gasteiger partial charge is 0.478 e. The van der Waals surface area contributed by atoms with Crippen molar-refractivity contribution in [2.24, 2.45) is 5.92 Å². The van der Waals surface area contributed by atoms with E-state index >= 15 is 0 Å². The molecule has 116 valence electrons. The number of rotatable bonds is 6. The van der Waals surface area contributed by atoms with Crippen molar-refractivity contribution in [3.05, 3.63) is 35.4 Å². The zero-order chi connectivity index (χ0) is 15.1. The van der Waals surface area contributed by atoms with Crippen LogP contribution in [0.1, 0.15) is 41.6 Å². The van der Waals surface area contributed by atoms with Gasteiger partial charge in [-0.1, -0.05) is 18.6 Å². The molecule has 4 nitrogen and oxygen atoms in total. The van der Waals surface area contributed by atoms with Crippen molar-refractivity contribution in [1.82, 2.24) is 4.90 Å². The van der Waals surface area contributed by atoms with E-state index in [1.165, 1.54) is 19.3 Å². The van der Waals surface area contributed by atoms with Crippen LogP contribution >= 0.6 is 0 Å². The number of benzene rings is 1. The second-order valence-corrected chi connectivity index (χ2v) is 5.88. The smallest absolute Gasteiger partial charge is 0.335 e. The number of likely N-dealkylation sites (tertiary alicyclic amines) is 1. The summed E-state index contributed by atoms with van der Waals surface area (Å²) in [6.07, 6.45) is 4.89. The molecule has 1 saturated heterocycles. The third-order valence-electron chi connectivity index (χ3n) is 4.16. The van der Waals surface area contributed by atoms with Gasteiger partial charge in [0.05, 0.1) is 5.56 Å². The first-order chi connectivity index (χ1) is 10.2. The number of carboxylic acids is 1. The van der Waals surface area contributed by atoms with E-state index in [-0.39, 0.29) is 0 Å². The van der Waals surface area contributed by atoms with E-state index in [1.54, 1.807) is 19.2 Å². The number of carbonyl (C=O) groups is 1. The maximum absolute atomic E-state index is 11.0. The summed E-state index contributed by atoms with van der Waals surface area (Å²) in [6, 6.07) is 7.29. The summed E-state index contributed by atoms with van der Waals surface area (Å²) >= 11 is 0. The van der Waals surface area contributed by atoms with E-state index in [1.807, 2.05) is 12.1 Å². The van der Waals surface area contributed by atoms with E-state index in [9.17, 15) is 4.79 Å². The molecule has 0 bridgehead atoms. The van der Waals surface area contributed by atoms with Gasteiger partial charge in [-0.05, 0) is 49.4 Å². The third-order valence-corrected chi connectivity index (χ3v) is 4.16. The minimum atomic E-state index is -0.856. The number of hydrogen-bond donors (Lipinski definition) is 1. The molecule has 4 heteroatoms. The zero-order valence-corrected chi connectivity index (χ0v) is 12.8. The Labute approximate surface area is 126 Å². The van der Waals surface area contributed by atoms with Gasteiger partial charge in [-0.3, -0.25) is 4.90 Å². The van der Waals surface area contributed by atoms with Gasteiger partial charge >= 0.3 is 5.97 Å². The minimum absolute atomic E-state index is 0.373. The second-order valence-electron chi connectivity index (χ2n) is 5.88. The van der Waals surface area contributed by atoms with Gasteiger partial charge in [0.25, 0.3) is 0 Å². The molecule has 1 N–H and O–H groups in total. The fourth-order valence-corrected chi connectivity index (χ4v) is 3.04. The van der Waals surface area contributed by atoms with Crippen molar-refractivity contribution in [2.75, 3.05) is 26.8 Å². The maximum atomic E-state index is 11.0. The molecule has 0 saturated carbocycles. The summed E-state index contributed by atoms with van der Waals surface area (Å²) in [4.78, 5) is 13.5. The first kappa shape index (κ1) is 16.0. The number of ether oxygens (including phenoxy) is 1. The van der Waals surface area contributed by atoms with Crippen LogP contribution in [0.25, 0.3) is 0 Å². The molecule has 1 fully saturated rings. The van der Waals surface area contributed by atoms with Gasteiger partial charge in [0.2, 0.25) is 0 Å². The molecule has 1 atom stereocenters. The molecule has 0 amide bonds. The van der Waals surface area contributed by atoms with Crippen LogP contribution in [0.2, 0.25) is 0 Å². The molecule has 1 aromatic carbocycles. The Morgan fingerprint density at radius 2 is 2.29 bits per heavy atom. The zero-order valence-electron chi connectivity index (χ0n) is 12.8. The van der Waals surface area contributed by atoms with E-state index < -0.39 is 5.97 Å². The first-order valence-electron chi connectivity index (χ1n) is 7.72. The van der Waals surface area contributed by atoms with Crippen LogP contribution in [-0.4, -0.2) is 42.8 Å². The van der Waals surface area contributed by atoms with Crippen molar-refractivity contribution in [2.45, 2.75) is 32.2 Å². The van der Waals surface area contributed by atoms with Crippen molar-refractivity contribution < 1.29 is 14.6 Å². The van der Waals surface area contributed by atoms with Gasteiger partial charge in [0.15, 0.2) is 0 Å². The van der Waals surface area contributed by atoms with Gasteiger partial charge in [-0.2, -0.15) is 0 Å². The Balaban J connectivity index is 1.96. The summed E-state index contributed by atoms with van der Waals surface area (Å²) in [6.45, 7) is 3.85. The second kappa shape index (κ2) is 8.15. The van der Waals surface area contributed by atoms with Crippen LogP contribution in [-0.2, 0) is 11.3 Å². The van der Waals surface area contributed by atoms with Crippen molar-refractivity contribution in [3.63, 3.8) is 0 Å². The van der Waals surface area contributed by atoms with Crippen LogP contribution in [0.15, 0.2) is 24.3 Å². The van der Waals surface area contributed by atoms with E-state index in [4.69, 9.17) is 9.84 Å². The first-order valence-corrected chi connectivity index (χ1v) is 7.72. The van der Waals surface area contributed by atoms with Crippen molar-refractivity contribution in [1.29, 1.82) is 0 Å². The normalized spacial score (nSPS) is 20.1. The Kier molecular flexibility index (Phi) is 6.21. The topological polar surface area (TPSA) is 49.8 Å². The maximum Gasteiger partial charge on any atom is 0.335 e. The molecule has 2 rings (SSSR count). The van der Waals surface area contributed by atoms with Crippen LogP contribution in [0.4, 0.5) is 0 Å². The summed E-state index contributed by atoms with van der Waals surface area (Å²) in [7, 11) is 1.76. The highest BCUT2D eigenvalue weighted by atomic mass is 16.5. The van der Waals surface area contributed by atoms with Crippen molar-refractivity contribution in [3.8, 4) is 0 Å². The number of nitrogens with zero attached hydrogens (tertiary/aromatic N) is 1. The fraction of sp³-hybridized carbons (Fsp3) is 0.588. The molecule has 21 heavy (non-hydrogen) atoms. The predicted molar refractivity (Wildman–Crippen MR) is 82.5 cm³/mol. The molecule has 0 aromatic heterocycles. The SMILES string of the molecule is COCCC1CCCCN(Cc2cccc(C(=O)O)c2)C1. The quantitative estimate of drug-likeness (QED) is 0.875. The van der Waals surface area contributed by atoms with Gasteiger partial charge in [0.1, 0.15) is 0 Å². The molecule has 1 aliphatic heterocycles. The summed E-state index contributed by atoms with van der Waals surface area (Å²) in [5, 5.41) is 9.07. The molecule has 1 unspecified atom stereocenters. The molecule has 1 aliphatic rings. The molecular weight excluding hydrogens is 266 g/mol. The predicted octanol–water partition coefficient (Wildman–Crippen LogP) is 3.02. The molecule has 1 aromatic rings. The number of methoxy groups -OCH3 is 1. The van der Waals surface area contributed by atoms with Crippen LogP contribution in [0.3, 0.4) is 0 Å². The highest BCUT2D eigenvalue weighted by Crippen LogP contribution is 2.21. The molecule has 1 heterocycles. The lowest BCUT2D eigenvalue weighted by molar-refractivity contribution is 0.0696. The lowest BCUT2D eigenvalue weighted by Crippen LogP contribution is -2.28. The van der Waals surface area contributed by atoms with Gasteiger partial charge in [-0.25, -0.2) is 4.79 Å². The van der Waals surface area contributed by atoms with Gasteiger partial charge in [0, 0.05) is 26.8 Å². The highest BCUT2D eigenvalue weighted by molar-refractivity contribution is 5.87. The lowest BCUT2D eigenvalue weighted by atomic mass is 10.00. The Hall–Kier alpha value is -1.39. The fourth-order valence-electron chi connectivity index (χ4n) is 3.04. The average Bonchev–Trinajstić information content (AvgIpc) is 2.70. The monoisotopic (exact) mass is 291 g/mol. The highest BCUT2D eigenvalue weighted by Gasteiger charge is 2.18. The lowest BCUT2D eigenvalue weighted by Gasteiger charge is -2.24. The number of aromatic carboxylic acids is 1. The van der Waals surface area contributed by atoms with Crippen LogP contribution < -0.4 is 0 Å². The van der Waals surface area contributed by atoms with E-state index in [2.05, 4.69) is 4.90 Å². The van der Waals surface area contributed by atoms with Crippen LogP contribution in [0.5, 0.6) is 0 Å². The van der Waals surface area contributed by atoms with E-state index in [0.29, 0.717) is 11.5 Å². The van der Waals surface area contributed by atoms with E-state index in [0.717, 1.165) is 38.2 Å². The Morgan fingerprint density at radius 3 is 3.05 bits per heavy atom. The van der Waals surface area contributed by atoms with Crippen LogP contribution in [0, 0.1) is 5.92 Å². The van der Waals surface area contributed by atoms with Gasteiger partial charge < -0.3 is 9.84 Å². The summed E-state index contributed by atoms with van der Waals surface area (Å²) in [5.74, 6) is -0.166.